The minimum Gasteiger partial charge on any atom is -0.494 e. The lowest BCUT2D eigenvalue weighted by molar-refractivity contribution is 0.0826. The molecule has 1 aromatic carbocycles. The molecule has 0 aromatic heterocycles. The van der Waals surface area contributed by atoms with Crippen LogP contribution < -0.4 is 0 Å². The molecular formula is C20H23BrO. The lowest BCUT2D eigenvalue weighted by Gasteiger charge is -2.24. The fourth-order valence-corrected chi connectivity index (χ4v) is 3.44. The standard InChI is InChI=1S/C20H23BrO/c1-15(22-20-5-3-2-4-6-20)16-7-9-17(10-8-16)18-11-13-19(21)14-12-18/h7-14,17,20H,2-6H2,1H3. The molecule has 0 radical (unpaired) electrons. The van der Waals surface area contributed by atoms with Gasteiger partial charge in [0, 0.05) is 16.0 Å². The Kier molecular flexibility index (Phi) is 5.20. The minimum atomic E-state index is 0.360. The van der Waals surface area contributed by atoms with E-state index in [9.17, 15) is 0 Å². The van der Waals surface area contributed by atoms with E-state index in [1.54, 1.807) is 0 Å². The van der Waals surface area contributed by atoms with Gasteiger partial charge in [-0.25, -0.2) is 0 Å². The predicted octanol–water partition coefficient (Wildman–Crippen LogP) is 6.28. The van der Waals surface area contributed by atoms with Crippen molar-refractivity contribution in [2.75, 3.05) is 0 Å². The summed E-state index contributed by atoms with van der Waals surface area (Å²) in [6.07, 6.45) is 15.7. The van der Waals surface area contributed by atoms with Crippen molar-refractivity contribution in [2.45, 2.75) is 51.0 Å². The van der Waals surface area contributed by atoms with Gasteiger partial charge in [-0.3, -0.25) is 0 Å². The monoisotopic (exact) mass is 358 g/mol. The summed E-state index contributed by atoms with van der Waals surface area (Å²) in [6.45, 7) is 2.10. The lowest BCUT2D eigenvalue weighted by atomic mass is 9.93. The van der Waals surface area contributed by atoms with Crippen LogP contribution in [-0.2, 0) is 4.74 Å². The number of hydrogen-bond donors (Lipinski definition) is 0. The number of allylic oxidation sites excluding steroid dienone is 6. The Balaban J connectivity index is 1.65. The van der Waals surface area contributed by atoms with Crippen molar-refractivity contribution in [1.82, 2.24) is 0 Å². The van der Waals surface area contributed by atoms with Crippen LogP contribution in [0.4, 0.5) is 0 Å². The number of rotatable bonds is 3. The normalized spacial score (nSPS) is 21.9. The largest absolute Gasteiger partial charge is 0.494 e. The molecule has 3 rings (SSSR count). The number of hydrogen-bond acceptors (Lipinski definition) is 1. The van der Waals surface area contributed by atoms with Gasteiger partial charge in [0.2, 0.25) is 0 Å². The van der Waals surface area contributed by atoms with Gasteiger partial charge in [-0.05, 0) is 50.3 Å². The average Bonchev–Trinajstić information content (AvgIpc) is 2.57. The van der Waals surface area contributed by atoms with E-state index < -0.39 is 0 Å². The minimum absolute atomic E-state index is 0.360. The first-order valence-electron chi connectivity index (χ1n) is 8.22. The smallest absolute Gasteiger partial charge is 0.100 e. The van der Waals surface area contributed by atoms with Crippen molar-refractivity contribution in [2.24, 2.45) is 0 Å². The molecule has 1 saturated carbocycles. The van der Waals surface area contributed by atoms with Crippen LogP contribution in [0.1, 0.15) is 50.5 Å². The van der Waals surface area contributed by atoms with Crippen molar-refractivity contribution in [3.05, 3.63) is 69.9 Å². The Morgan fingerprint density at radius 3 is 2.27 bits per heavy atom. The number of benzene rings is 1. The van der Waals surface area contributed by atoms with E-state index in [1.807, 2.05) is 0 Å². The van der Waals surface area contributed by atoms with E-state index in [4.69, 9.17) is 4.74 Å². The maximum atomic E-state index is 6.16. The second-order valence-electron chi connectivity index (χ2n) is 6.18. The van der Waals surface area contributed by atoms with Crippen LogP contribution in [0, 0.1) is 0 Å². The summed E-state index contributed by atoms with van der Waals surface area (Å²) in [5, 5.41) is 0. The maximum Gasteiger partial charge on any atom is 0.100 e. The van der Waals surface area contributed by atoms with Gasteiger partial charge in [0.25, 0.3) is 0 Å². The van der Waals surface area contributed by atoms with Crippen molar-refractivity contribution < 1.29 is 4.74 Å². The molecule has 2 aliphatic rings. The highest BCUT2D eigenvalue weighted by molar-refractivity contribution is 9.10. The lowest BCUT2D eigenvalue weighted by Crippen LogP contribution is -2.16. The third kappa shape index (κ3) is 3.92. The van der Waals surface area contributed by atoms with E-state index in [0.717, 1.165) is 10.2 Å². The van der Waals surface area contributed by atoms with Gasteiger partial charge < -0.3 is 4.74 Å². The van der Waals surface area contributed by atoms with Crippen LogP contribution in [0.3, 0.4) is 0 Å². The molecule has 2 heteroatoms. The van der Waals surface area contributed by atoms with Gasteiger partial charge in [0.05, 0.1) is 6.10 Å². The van der Waals surface area contributed by atoms with Gasteiger partial charge in [-0.1, -0.05) is 58.8 Å². The van der Waals surface area contributed by atoms with Crippen molar-refractivity contribution in [1.29, 1.82) is 0 Å². The molecule has 0 heterocycles. The quantitative estimate of drug-likeness (QED) is 0.577. The summed E-state index contributed by atoms with van der Waals surface area (Å²) in [6, 6.07) is 8.53. The van der Waals surface area contributed by atoms with Gasteiger partial charge in [0.1, 0.15) is 5.76 Å². The van der Waals surface area contributed by atoms with E-state index in [1.165, 1.54) is 43.2 Å². The first-order chi connectivity index (χ1) is 10.7. The third-order valence-corrected chi connectivity index (χ3v) is 5.05. The molecule has 0 unspecified atom stereocenters. The molecule has 0 bridgehead atoms. The molecule has 22 heavy (non-hydrogen) atoms. The van der Waals surface area contributed by atoms with Crippen LogP contribution in [0.5, 0.6) is 0 Å². The highest BCUT2D eigenvalue weighted by Crippen LogP contribution is 2.28. The molecule has 1 aromatic rings. The zero-order chi connectivity index (χ0) is 15.4. The summed E-state index contributed by atoms with van der Waals surface area (Å²) < 4.78 is 7.28. The van der Waals surface area contributed by atoms with E-state index >= 15 is 0 Å². The van der Waals surface area contributed by atoms with Crippen LogP contribution in [0.2, 0.25) is 0 Å². The second kappa shape index (κ2) is 7.32. The van der Waals surface area contributed by atoms with Crippen LogP contribution in [-0.4, -0.2) is 6.10 Å². The summed E-state index contributed by atoms with van der Waals surface area (Å²) in [4.78, 5) is 0. The van der Waals surface area contributed by atoms with Crippen LogP contribution in [0.25, 0.3) is 0 Å². The first kappa shape index (κ1) is 15.6. The molecular weight excluding hydrogens is 336 g/mol. The van der Waals surface area contributed by atoms with E-state index in [0.29, 0.717) is 12.0 Å². The SMILES string of the molecule is CC(OC1CCCCC1)=C1C=CC(c2ccc(Br)cc2)C=C1. The van der Waals surface area contributed by atoms with E-state index in [2.05, 4.69) is 71.4 Å². The Bertz CT molecular complexity index is 573. The Labute approximate surface area is 141 Å². The fourth-order valence-electron chi connectivity index (χ4n) is 3.18. The van der Waals surface area contributed by atoms with Gasteiger partial charge >= 0.3 is 0 Å². The molecule has 0 spiro atoms. The molecule has 0 saturated heterocycles. The Hall–Kier alpha value is -1.28. The second-order valence-corrected chi connectivity index (χ2v) is 7.10. The highest BCUT2D eigenvalue weighted by atomic mass is 79.9. The maximum absolute atomic E-state index is 6.16. The zero-order valence-electron chi connectivity index (χ0n) is 13.1. The highest BCUT2D eigenvalue weighted by Gasteiger charge is 2.16. The van der Waals surface area contributed by atoms with Crippen molar-refractivity contribution in [3.63, 3.8) is 0 Å². The topological polar surface area (TPSA) is 9.23 Å². The molecule has 0 atom stereocenters. The van der Waals surface area contributed by atoms with Crippen molar-refractivity contribution >= 4 is 15.9 Å². The van der Waals surface area contributed by atoms with Gasteiger partial charge in [-0.2, -0.15) is 0 Å². The van der Waals surface area contributed by atoms with Crippen LogP contribution in [0.15, 0.2) is 64.4 Å². The average molecular weight is 359 g/mol. The van der Waals surface area contributed by atoms with Gasteiger partial charge in [-0.15, -0.1) is 0 Å². The molecule has 1 nitrogen and oxygen atoms in total. The van der Waals surface area contributed by atoms with Crippen molar-refractivity contribution in [3.8, 4) is 0 Å². The molecule has 0 N–H and O–H groups in total. The molecule has 0 aliphatic heterocycles. The van der Waals surface area contributed by atoms with Crippen LogP contribution >= 0.6 is 15.9 Å². The predicted molar refractivity (Wildman–Crippen MR) is 95.8 cm³/mol. The summed E-state index contributed by atoms with van der Waals surface area (Å²) >= 11 is 3.49. The van der Waals surface area contributed by atoms with Gasteiger partial charge in [0.15, 0.2) is 0 Å². The number of halogens is 1. The summed E-state index contributed by atoms with van der Waals surface area (Å²) in [7, 11) is 0. The summed E-state index contributed by atoms with van der Waals surface area (Å²) in [5.74, 6) is 1.42. The molecule has 116 valence electrons. The Morgan fingerprint density at radius 2 is 1.64 bits per heavy atom. The fraction of sp³-hybridized carbons (Fsp3) is 0.400. The first-order valence-corrected chi connectivity index (χ1v) is 9.01. The molecule has 2 aliphatic carbocycles. The Morgan fingerprint density at radius 1 is 1.00 bits per heavy atom. The zero-order valence-corrected chi connectivity index (χ0v) is 14.7. The molecule has 1 fully saturated rings. The van der Waals surface area contributed by atoms with E-state index in [-0.39, 0.29) is 0 Å². The number of ether oxygens (including phenoxy) is 1. The third-order valence-electron chi connectivity index (χ3n) is 4.52. The summed E-state index contributed by atoms with van der Waals surface area (Å²) in [5.41, 5.74) is 2.53. The molecule has 0 amide bonds.